The smallest absolute Gasteiger partial charge is 0.309 e. The standard InChI is InChI=1S/C14H13FN2O5S/c1-10-6-7-16(14(18)13(10)17(19)20)8-9-23(21,22)12-4-2-11(15)3-5-12/h2-7H,8-9H2,1H3. The highest BCUT2D eigenvalue weighted by Gasteiger charge is 2.20. The molecule has 0 radical (unpaired) electrons. The van der Waals surface area contributed by atoms with Crippen molar-refractivity contribution >= 4 is 15.5 Å². The molecule has 2 rings (SSSR count). The molecule has 0 saturated carbocycles. The van der Waals surface area contributed by atoms with Crippen molar-refractivity contribution in [2.24, 2.45) is 0 Å². The maximum absolute atomic E-state index is 12.8. The monoisotopic (exact) mass is 340 g/mol. The third-order valence-electron chi connectivity index (χ3n) is 3.30. The molecule has 23 heavy (non-hydrogen) atoms. The number of hydrogen-bond donors (Lipinski definition) is 0. The highest BCUT2D eigenvalue weighted by atomic mass is 32.2. The van der Waals surface area contributed by atoms with E-state index >= 15 is 0 Å². The molecule has 0 aliphatic carbocycles. The SMILES string of the molecule is Cc1ccn(CCS(=O)(=O)c2ccc(F)cc2)c(=O)c1[N+](=O)[O-]. The Hall–Kier alpha value is -2.55. The van der Waals surface area contributed by atoms with Gasteiger partial charge in [0.25, 0.3) is 0 Å². The van der Waals surface area contributed by atoms with Crippen LogP contribution in [0.4, 0.5) is 10.1 Å². The Kier molecular flexibility index (Phi) is 4.60. The van der Waals surface area contributed by atoms with E-state index in [9.17, 15) is 27.7 Å². The topological polar surface area (TPSA) is 99.3 Å². The number of aromatic nitrogens is 1. The summed E-state index contributed by atoms with van der Waals surface area (Å²) in [4.78, 5) is 22.0. The van der Waals surface area contributed by atoms with Crippen molar-refractivity contribution in [3.05, 3.63) is 68.4 Å². The zero-order chi connectivity index (χ0) is 17.2. The second-order valence-corrected chi connectivity index (χ2v) is 6.98. The van der Waals surface area contributed by atoms with E-state index in [1.807, 2.05) is 0 Å². The van der Waals surface area contributed by atoms with Gasteiger partial charge in [-0.15, -0.1) is 0 Å². The van der Waals surface area contributed by atoms with Gasteiger partial charge in [0, 0.05) is 18.3 Å². The number of benzene rings is 1. The molecule has 0 atom stereocenters. The van der Waals surface area contributed by atoms with Crippen molar-refractivity contribution in [3.63, 3.8) is 0 Å². The summed E-state index contributed by atoms with van der Waals surface area (Å²) in [7, 11) is -3.73. The molecule has 7 nitrogen and oxygen atoms in total. The Labute approximate surface area is 131 Å². The molecular formula is C14H13FN2O5S. The molecule has 0 aliphatic heterocycles. The van der Waals surface area contributed by atoms with Gasteiger partial charge in [0.2, 0.25) is 0 Å². The van der Waals surface area contributed by atoms with Gasteiger partial charge >= 0.3 is 11.2 Å². The van der Waals surface area contributed by atoms with E-state index in [0.29, 0.717) is 0 Å². The van der Waals surface area contributed by atoms with Gasteiger partial charge in [0.1, 0.15) is 5.82 Å². The minimum absolute atomic E-state index is 0.0754. The lowest BCUT2D eigenvalue weighted by molar-refractivity contribution is -0.387. The quantitative estimate of drug-likeness (QED) is 0.468. The molecule has 9 heteroatoms. The van der Waals surface area contributed by atoms with Gasteiger partial charge < -0.3 is 4.57 Å². The highest BCUT2D eigenvalue weighted by molar-refractivity contribution is 7.91. The van der Waals surface area contributed by atoms with E-state index in [1.165, 1.54) is 19.2 Å². The number of hydrogen-bond acceptors (Lipinski definition) is 5. The molecular weight excluding hydrogens is 327 g/mol. The molecule has 1 aromatic heterocycles. The molecule has 0 bridgehead atoms. The predicted molar refractivity (Wildman–Crippen MR) is 80.5 cm³/mol. The molecule has 0 saturated heterocycles. The fourth-order valence-corrected chi connectivity index (χ4v) is 3.25. The average molecular weight is 340 g/mol. The van der Waals surface area contributed by atoms with Gasteiger partial charge in [-0.3, -0.25) is 14.9 Å². The number of halogens is 1. The molecule has 0 N–H and O–H groups in total. The molecule has 0 amide bonds. The van der Waals surface area contributed by atoms with E-state index in [0.717, 1.165) is 28.8 Å². The minimum Gasteiger partial charge on any atom is -0.309 e. The van der Waals surface area contributed by atoms with Crippen molar-refractivity contribution in [1.82, 2.24) is 4.57 Å². The lowest BCUT2D eigenvalue weighted by Crippen LogP contribution is -2.26. The molecule has 1 aromatic carbocycles. The van der Waals surface area contributed by atoms with Crippen LogP contribution < -0.4 is 5.56 Å². The second-order valence-electron chi connectivity index (χ2n) is 4.88. The van der Waals surface area contributed by atoms with Crippen molar-refractivity contribution in [3.8, 4) is 0 Å². The van der Waals surface area contributed by atoms with E-state index < -0.39 is 37.6 Å². The average Bonchev–Trinajstić information content (AvgIpc) is 2.46. The predicted octanol–water partition coefficient (Wildman–Crippen LogP) is 1.68. The molecule has 0 spiro atoms. The number of nitrogens with zero attached hydrogens (tertiary/aromatic N) is 2. The second kappa shape index (κ2) is 6.29. The lowest BCUT2D eigenvalue weighted by Gasteiger charge is -2.08. The largest absolute Gasteiger partial charge is 0.336 e. The Morgan fingerprint density at radius 3 is 2.39 bits per heavy atom. The number of rotatable bonds is 5. The minimum atomic E-state index is -3.73. The maximum Gasteiger partial charge on any atom is 0.336 e. The number of nitro groups is 1. The van der Waals surface area contributed by atoms with E-state index in [-0.39, 0.29) is 17.0 Å². The van der Waals surface area contributed by atoms with Crippen molar-refractivity contribution < 1.29 is 17.7 Å². The van der Waals surface area contributed by atoms with Crippen LogP contribution in [0.25, 0.3) is 0 Å². The Morgan fingerprint density at radius 2 is 1.83 bits per heavy atom. The van der Waals surface area contributed by atoms with Gasteiger partial charge in [-0.1, -0.05) is 0 Å². The first-order valence-electron chi connectivity index (χ1n) is 6.55. The van der Waals surface area contributed by atoms with Crippen LogP contribution in [0.5, 0.6) is 0 Å². The van der Waals surface area contributed by atoms with Crippen molar-refractivity contribution in [2.75, 3.05) is 5.75 Å². The van der Waals surface area contributed by atoms with Crippen LogP contribution in [0.2, 0.25) is 0 Å². The summed E-state index contributed by atoms with van der Waals surface area (Å²) in [6.45, 7) is 1.19. The summed E-state index contributed by atoms with van der Waals surface area (Å²) in [5, 5.41) is 10.9. The third kappa shape index (κ3) is 3.62. The zero-order valence-corrected chi connectivity index (χ0v) is 12.9. The summed E-state index contributed by atoms with van der Waals surface area (Å²) in [6, 6.07) is 5.69. The van der Waals surface area contributed by atoms with E-state index in [1.54, 1.807) is 0 Å². The van der Waals surface area contributed by atoms with Crippen molar-refractivity contribution in [1.29, 1.82) is 0 Å². The van der Waals surface area contributed by atoms with Gasteiger partial charge in [0.05, 0.1) is 15.6 Å². The number of pyridine rings is 1. The van der Waals surface area contributed by atoms with Crippen LogP contribution >= 0.6 is 0 Å². The van der Waals surface area contributed by atoms with E-state index in [2.05, 4.69) is 0 Å². The summed E-state index contributed by atoms with van der Waals surface area (Å²) in [5.41, 5.74) is -1.23. The molecule has 1 heterocycles. The fourth-order valence-electron chi connectivity index (χ4n) is 2.03. The van der Waals surface area contributed by atoms with Crippen LogP contribution in [-0.2, 0) is 16.4 Å². The van der Waals surface area contributed by atoms with Crippen LogP contribution in [0.3, 0.4) is 0 Å². The zero-order valence-electron chi connectivity index (χ0n) is 12.1. The fraction of sp³-hybridized carbons (Fsp3) is 0.214. The van der Waals surface area contributed by atoms with Gasteiger partial charge in [-0.25, -0.2) is 12.8 Å². The van der Waals surface area contributed by atoms with Crippen LogP contribution in [0.1, 0.15) is 5.56 Å². The molecule has 0 fully saturated rings. The summed E-state index contributed by atoms with van der Waals surface area (Å²) in [5.74, 6) is -0.993. The summed E-state index contributed by atoms with van der Waals surface area (Å²) in [6.07, 6.45) is 1.31. The molecule has 2 aromatic rings. The molecule has 0 unspecified atom stereocenters. The first kappa shape index (κ1) is 16.8. The Bertz CT molecular complexity index is 904. The summed E-state index contributed by atoms with van der Waals surface area (Å²) < 4.78 is 38.1. The Morgan fingerprint density at radius 1 is 1.22 bits per heavy atom. The highest BCUT2D eigenvalue weighted by Crippen LogP contribution is 2.14. The van der Waals surface area contributed by atoms with Gasteiger partial charge in [0.15, 0.2) is 9.84 Å². The van der Waals surface area contributed by atoms with E-state index in [4.69, 9.17) is 0 Å². The van der Waals surface area contributed by atoms with Crippen LogP contribution in [-0.4, -0.2) is 23.7 Å². The first-order chi connectivity index (χ1) is 10.7. The Balaban J connectivity index is 2.27. The molecule has 122 valence electrons. The summed E-state index contributed by atoms with van der Waals surface area (Å²) >= 11 is 0. The van der Waals surface area contributed by atoms with Crippen molar-refractivity contribution in [2.45, 2.75) is 18.4 Å². The first-order valence-corrected chi connectivity index (χ1v) is 8.20. The third-order valence-corrected chi connectivity index (χ3v) is 5.01. The maximum atomic E-state index is 12.8. The normalized spacial score (nSPS) is 11.4. The molecule has 0 aliphatic rings. The lowest BCUT2D eigenvalue weighted by atomic mass is 10.2. The number of aryl methyl sites for hydroxylation is 2. The van der Waals surface area contributed by atoms with Crippen LogP contribution in [0.15, 0.2) is 46.2 Å². The number of sulfone groups is 1. The van der Waals surface area contributed by atoms with Gasteiger partial charge in [-0.2, -0.15) is 0 Å². The van der Waals surface area contributed by atoms with Gasteiger partial charge in [-0.05, 0) is 37.3 Å². The van der Waals surface area contributed by atoms with Crippen LogP contribution in [0, 0.1) is 22.9 Å².